The third-order valence-electron chi connectivity index (χ3n) is 2.91. The molecule has 0 aliphatic rings. The van der Waals surface area contributed by atoms with E-state index in [1.54, 1.807) is 14.1 Å². The number of nitriles is 1. The lowest BCUT2D eigenvalue weighted by atomic mass is 10.2. The largest absolute Gasteiger partial charge is 0.375 e. The predicted molar refractivity (Wildman–Crippen MR) is 87.0 cm³/mol. The highest BCUT2D eigenvalue weighted by molar-refractivity contribution is 7.89. The Morgan fingerprint density at radius 2 is 2.09 bits per heavy atom. The monoisotopic (exact) mass is 334 g/mol. The van der Waals surface area contributed by atoms with Gasteiger partial charge in [0.15, 0.2) is 0 Å². The molecular weight excluding hydrogens is 316 g/mol. The summed E-state index contributed by atoms with van der Waals surface area (Å²) in [4.78, 5) is 13.0. The number of amides is 1. The van der Waals surface area contributed by atoms with Crippen molar-refractivity contribution in [1.82, 2.24) is 9.62 Å². The number of terminal acetylenes is 1. The number of nitrogens with one attached hydrogen (secondary N) is 2. The van der Waals surface area contributed by atoms with Crippen molar-refractivity contribution >= 4 is 21.6 Å². The maximum Gasteiger partial charge on any atom is 0.243 e. The highest BCUT2D eigenvalue weighted by atomic mass is 32.2. The number of hydrogen-bond donors (Lipinski definition) is 2. The molecule has 0 aromatic heterocycles. The van der Waals surface area contributed by atoms with Crippen LogP contribution in [0.3, 0.4) is 0 Å². The zero-order valence-corrected chi connectivity index (χ0v) is 13.9. The lowest BCUT2D eigenvalue weighted by Gasteiger charge is -2.16. The molecule has 0 saturated carbocycles. The first kappa shape index (κ1) is 18.5. The second kappa shape index (κ2) is 7.63. The van der Waals surface area contributed by atoms with Gasteiger partial charge in [0.2, 0.25) is 15.9 Å². The van der Waals surface area contributed by atoms with Crippen molar-refractivity contribution in [2.75, 3.05) is 26.0 Å². The topological polar surface area (TPSA) is 102 Å². The number of likely N-dealkylation sites (N-methyl/N-ethyl adjacent to an activating group) is 1. The molecule has 23 heavy (non-hydrogen) atoms. The van der Waals surface area contributed by atoms with Gasteiger partial charge in [-0.1, -0.05) is 5.92 Å². The summed E-state index contributed by atoms with van der Waals surface area (Å²) < 4.78 is 27.1. The van der Waals surface area contributed by atoms with Crippen LogP contribution in [0, 0.1) is 23.7 Å². The van der Waals surface area contributed by atoms with Gasteiger partial charge >= 0.3 is 0 Å². The average molecular weight is 334 g/mol. The van der Waals surface area contributed by atoms with Crippen LogP contribution in [0.4, 0.5) is 5.69 Å². The van der Waals surface area contributed by atoms with E-state index in [4.69, 9.17) is 11.7 Å². The second-order valence-corrected chi connectivity index (χ2v) is 6.66. The van der Waals surface area contributed by atoms with Crippen LogP contribution < -0.4 is 10.0 Å². The van der Waals surface area contributed by atoms with E-state index in [1.807, 2.05) is 6.07 Å². The molecule has 0 spiro atoms. The number of sulfonamides is 1. The minimum Gasteiger partial charge on any atom is -0.375 e. The maximum absolute atomic E-state index is 12.4. The van der Waals surface area contributed by atoms with Crippen molar-refractivity contribution in [2.24, 2.45) is 0 Å². The molecule has 7 nitrogen and oxygen atoms in total. The summed E-state index contributed by atoms with van der Waals surface area (Å²) in [5.74, 6) is 2.04. The number of nitrogens with zero attached hydrogens (tertiary/aromatic N) is 2. The Morgan fingerprint density at radius 1 is 1.43 bits per heavy atom. The van der Waals surface area contributed by atoms with Crippen LogP contribution >= 0.6 is 0 Å². The quantitative estimate of drug-likeness (QED) is 0.731. The number of rotatable bonds is 6. The highest BCUT2D eigenvalue weighted by Gasteiger charge is 2.21. The minimum atomic E-state index is -3.88. The van der Waals surface area contributed by atoms with Crippen LogP contribution in [-0.4, -0.2) is 45.9 Å². The van der Waals surface area contributed by atoms with Crippen molar-refractivity contribution in [2.45, 2.75) is 17.9 Å². The lowest BCUT2D eigenvalue weighted by Crippen LogP contribution is -2.33. The summed E-state index contributed by atoms with van der Waals surface area (Å²) in [5.41, 5.74) is 0.435. The van der Waals surface area contributed by atoms with Crippen molar-refractivity contribution in [3.8, 4) is 18.4 Å². The summed E-state index contributed by atoms with van der Waals surface area (Å²) in [6.07, 6.45) is 5.19. The number of carbonyl (C=O) groups is 1. The summed E-state index contributed by atoms with van der Waals surface area (Å²) in [6.45, 7) is 1.43. The number of hydrogen-bond acceptors (Lipinski definition) is 5. The molecule has 1 amide bonds. The molecule has 2 N–H and O–H groups in total. The molecule has 1 atom stereocenters. The zero-order chi connectivity index (χ0) is 17.6. The van der Waals surface area contributed by atoms with Crippen LogP contribution in [0.25, 0.3) is 0 Å². The van der Waals surface area contributed by atoms with Gasteiger partial charge < -0.3 is 10.2 Å². The van der Waals surface area contributed by atoms with Gasteiger partial charge in [0.25, 0.3) is 0 Å². The normalized spacial score (nSPS) is 11.9. The first-order valence-corrected chi connectivity index (χ1v) is 8.16. The number of carbonyl (C=O) groups excluding carboxylic acids is 1. The molecule has 122 valence electrons. The smallest absolute Gasteiger partial charge is 0.243 e. The maximum atomic E-state index is 12.4. The fourth-order valence-corrected chi connectivity index (χ4v) is 2.96. The highest BCUT2D eigenvalue weighted by Crippen LogP contribution is 2.23. The van der Waals surface area contributed by atoms with Crippen molar-refractivity contribution in [3.63, 3.8) is 0 Å². The SMILES string of the molecule is C#CC(C)NS(=O)(=O)c1ccc(C#N)cc1NCC(=O)N(C)C. The van der Waals surface area contributed by atoms with Gasteiger partial charge in [-0.15, -0.1) is 6.42 Å². The Labute approximate surface area is 136 Å². The Balaban J connectivity index is 3.20. The third-order valence-corrected chi connectivity index (χ3v) is 4.51. The molecule has 0 fully saturated rings. The summed E-state index contributed by atoms with van der Waals surface area (Å²) in [6, 6.07) is 5.29. The van der Waals surface area contributed by atoms with Gasteiger partial charge in [-0.2, -0.15) is 9.98 Å². The number of benzene rings is 1. The van der Waals surface area contributed by atoms with Gasteiger partial charge in [0.05, 0.1) is 29.9 Å². The molecule has 1 aromatic carbocycles. The van der Waals surface area contributed by atoms with Crippen LogP contribution in [0.5, 0.6) is 0 Å². The second-order valence-electron chi connectivity index (χ2n) is 4.97. The molecule has 1 aromatic rings. The van der Waals surface area contributed by atoms with E-state index in [1.165, 1.54) is 30.0 Å². The van der Waals surface area contributed by atoms with E-state index in [0.717, 1.165) is 0 Å². The van der Waals surface area contributed by atoms with Crippen LogP contribution in [0.1, 0.15) is 12.5 Å². The molecule has 0 bridgehead atoms. The molecule has 0 heterocycles. The Kier molecular flexibility index (Phi) is 6.14. The van der Waals surface area contributed by atoms with Gasteiger partial charge in [0, 0.05) is 14.1 Å². The fourth-order valence-electron chi connectivity index (χ4n) is 1.63. The van der Waals surface area contributed by atoms with E-state index in [-0.39, 0.29) is 28.6 Å². The average Bonchev–Trinajstić information content (AvgIpc) is 2.51. The molecule has 8 heteroatoms. The fraction of sp³-hybridized carbons (Fsp3) is 0.333. The van der Waals surface area contributed by atoms with Gasteiger partial charge in [-0.3, -0.25) is 4.79 Å². The molecule has 0 saturated heterocycles. The lowest BCUT2D eigenvalue weighted by molar-refractivity contribution is -0.126. The molecule has 1 rings (SSSR count). The van der Waals surface area contributed by atoms with Crippen LogP contribution in [0.15, 0.2) is 23.1 Å². The van der Waals surface area contributed by atoms with Crippen molar-refractivity contribution in [1.29, 1.82) is 5.26 Å². The summed E-state index contributed by atoms with van der Waals surface area (Å²) >= 11 is 0. The summed E-state index contributed by atoms with van der Waals surface area (Å²) in [5, 5.41) is 11.7. The Hall–Kier alpha value is -2.55. The predicted octanol–water partition coefficient (Wildman–Crippen LogP) is 0.358. The van der Waals surface area contributed by atoms with Gasteiger partial charge in [-0.25, -0.2) is 8.42 Å². The summed E-state index contributed by atoms with van der Waals surface area (Å²) in [7, 11) is -0.711. The van der Waals surface area contributed by atoms with Crippen LogP contribution in [-0.2, 0) is 14.8 Å². The van der Waals surface area contributed by atoms with Crippen molar-refractivity contribution in [3.05, 3.63) is 23.8 Å². The first-order chi connectivity index (χ1) is 10.7. The molecule has 0 aliphatic heterocycles. The Morgan fingerprint density at radius 3 is 2.61 bits per heavy atom. The van der Waals surface area contributed by atoms with Crippen LogP contribution in [0.2, 0.25) is 0 Å². The van der Waals surface area contributed by atoms with E-state index >= 15 is 0 Å². The van der Waals surface area contributed by atoms with E-state index < -0.39 is 16.1 Å². The minimum absolute atomic E-state index is 0.0786. The van der Waals surface area contributed by atoms with Crippen molar-refractivity contribution < 1.29 is 13.2 Å². The van der Waals surface area contributed by atoms with Gasteiger partial charge in [-0.05, 0) is 25.1 Å². The van der Waals surface area contributed by atoms with E-state index in [0.29, 0.717) is 0 Å². The molecular formula is C15H18N4O3S. The first-order valence-electron chi connectivity index (χ1n) is 6.68. The molecule has 0 aliphatic carbocycles. The third kappa shape index (κ3) is 4.99. The molecule has 1 unspecified atom stereocenters. The standard InChI is InChI=1S/C15H18N4O3S/c1-5-11(2)18-23(21,22)14-7-6-12(9-16)8-13(14)17-10-15(20)19(3)4/h1,6-8,11,17-18H,10H2,2-4H3. The Bertz CT molecular complexity index is 773. The van der Waals surface area contributed by atoms with E-state index in [9.17, 15) is 13.2 Å². The zero-order valence-electron chi connectivity index (χ0n) is 13.1. The van der Waals surface area contributed by atoms with E-state index in [2.05, 4.69) is 16.0 Å². The number of anilines is 1. The van der Waals surface area contributed by atoms with Gasteiger partial charge in [0.1, 0.15) is 4.90 Å². The molecule has 0 radical (unpaired) electrons.